The number of likely N-dealkylation sites (N-methyl/N-ethyl adjacent to an activating group) is 1. The predicted molar refractivity (Wildman–Crippen MR) is 104 cm³/mol. The number of carbonyl (C=O) groups excluding carboxylic acids is 2. The Kier molecular flexibility index (Phi) is 15.8. The van der Waals surface area contributed by atoms with Crippen LogP contribution >= 0.6 is 0 Å². The van der Waals surface area contributed by atoms with Crippen molar-refractivity contribution >= 4 is 11.9 Å². The Morgan fingerprint density at radius 3 is 2.42 bits per heavy atom. The zero-order valence-electron chi connectivity index (χ0n) is 16.7. The third kappa shape index (κ3) is 17.2. The summed E-state index contributed by atoms with van der Waals surface area (Å²) in [6.45, 7) is 3.01. The van der Waals surface area contributed by atoms with Gasteiger partial charge in [0, 0.05) is 25.9 Å². The number of hydrogen-bond acceptors (Lipinski definition) is 5. The van der Waals surface area contributed by atoms with Crippen molar-refractivity contribution < 1.29 is 19.4 Å². The molecule has 6 nitrogen and oxygen atoms in total. The van der Waals surface area contributed by atoms with Crippen molar-refractivity contribution in [2.75, 3.05) is 33.8 Å². The SMILES string of the molecule is CC#CCCCCCCCCC(=O)OCC(O)CC(=O)NCCN(C)C. The first-order valence-electron chi connectivity index (χ1n) is 9.60. The van der Waals surface area contributed by atoms with E-state index in [1.54, 1.807) is 0 Å². The summed E-state index contributed by atoms with van der Waals surface area (Å²) in [5, 5.41) is 12.5. The lowest BCUT2D eigenvalue weighted by Gasteiger charge is -2.13. The monoisotopic (exact) mass is 368 g/mol. The first-order chi connectivity index (χ1) is 12.5. The van der Waals surface area contributed by atoms with Gasteiger partial charge in [-0.15, -0.1) is 11.8 Å². The van der Waals surface area contributed by atoms with Gasteiger partial charge in [0.15, 0.2) is 0 Å². The van der Waals surface area contributed by atoms with Crippen LogP contribution < -0.4 is 5.32 Å². The maximum absolute atomic E-state index is 11.6. The number of nitrogens with one attached hydrogen (secondary N) is 1. The van der Waals surface area contributed by atoms with E-state index in [1.807, 2.05) is 25.9 Å². The molecule has 0 rings (SSSR count). The first-order valence-corrected chi connectivity index (χ1v) is 9.60. The molecule has 2 N–H and O–H groups in total. The van der Waals surface area contributed by atoms with E-state index in [9.17, 15) is 14.7 Å². The van der Waals surface area contributed by atoms with Crippen molar-refractivity contribution in [2.24, 2.45) is 0 Å². The highest BCUT2D eigenvalue weighted by atomic mass is 16.5. The van der Waals surface area contributed by atoms with Crippen LogP contribution in [0.15, 0.2) is 0 Å². The van der Waals surface area contributed by atoms with Gasteiger partial charge in [-0.05, 0) is 33.9 Å². The maximum Gasteiger partial charge on any atom is 0.305 e. The molecule has 1 amide bonds. The van der Waals surface area contributed by atoms with Crippen LogP contribution in [0, 0.1) is 11.8 Å². The largest absolute Gasteiger partial charge is 0.463 e. The Bertz CT molecular complexity index is 441. The van der Waals surface area contributed by atoms with Crippen LogP contribution in [0.3, 0.4) is 0 Å². The van der Waals surface area contributed by atoms with Crippen LogP contribution in [0.2, 0.25) is 0 Å². The Morgan fingerprint density at radius 2 is 1.77 bits per heavy atom. The van der Waals surface area contributed by atoms with E-state index in [2.05, 4.69) is 17.2 Å². The predicted octanol–water partition coefficient (Wildman–Crippen LogP) is 2.10. The maximum atomic E-state index is 11.6. The molecule has 0 spiro atoms. The van der Waals surface area contributed by atoms with Crippen LogP contribution in [-0.4, -0.2) is 61.8 Å². The summed E-state index contributed by atoms with van der Waals surface area (Å²) in [6, 6.07) is 0. The number of nitrogens with zero attached hydrogens (tertiary/aromatic N) is 1. The number of carbonyl (C=O) groups is 2. The molecule has 0 aromatic carbocycles. The summed E-state index contributed by atoms with van der Waals surface area (Å²) in [6.07, 6.45) is 6.74. The van der Waals surface area contributed by atoms with E-state index in [1.165, 1.54) is 12.8 Å². The molecular formula is C20H36N2O4. The van der Waals surface area contributed by atoms with E-state index >= 15 is 0 Å². The normalized spacial score (nSPS) is 11.6. The second kappa shape index (κ2) is 16.9. The number of rotatable bonds is 15. The van der Waals surface area contributed by atoms with Crippen LogP contribution in [0.4, 0.5) is 0 Å². The first kappa shape index (κ1) is 24.4. The van der Waals surface area contributed by atoms with Crippen molar-refractivity contribution in [2.45, 2.75) is 70.8 Å². The average molecular weight is 369 g/mol. The van der Waals surface area contributed by atoms with Gasteiger partial charge in [0.25, 0.3) is 0 Å². The van der Waals surface area contributed by atoms with E-state index in [0.29, 0.717) is 13.0 Å². The summed E-state index contributed by atoms with van der Waals surface area (Å²) in [7, 11) is 3.84. The van der Waals surface area contributed by atoms with Crippen molar-refractivity contribution in [3.05, 3.63) is 0 Å². The zero-order valence-corrected chi connectivity index (χ0v) is 16.7. The highest BCUT2D eigenvalue weighted by Gasteiger charge is 2.13. The number of aliphatic hydroxyl groups is 1. The van der Waals surface area contributed by atoms with E-state index < -0.39 is 6.10 Å². The Balaban J connectivity index is 3.54. The second-order valence-corrected chi connectivity index (χ2v) is 6.74. The smallest absolute Gasteiger partial charge is 0.305 e. The highest BCUT2D eigenvalue weighted by molar-refractivity contribution is 5.76. The molecule has 0 aliphatic carbocycles. The summed E-state index contributed by atoms with van der Waals surface area (Å²) in [4.78, 5) is 25.2. The summed E-state index contributed by atoms with van der Waals surface area (Å²) >= 11 is 0. The third-order valence-electron chi connectivity index (χ3n) is 3.85. The minimum Gasteiger partial charge on any atom is -0.463 e. The molecule has 0 radical (unpaired) electrons. The fraction of sp³-hybridized carbons (Fsp3) is 0.800. The molecule has 0 heterocycles. The topological polar surface area (TPSA) is 78.9 Å². The van der Waals surface area contributed by atoms with Gasteiger partial charge in [-0.2, -0.15) is 0 Å². The fourth-order valence-electron chi connectivity index (χ4n) is 2.34. The molecule has 0 aliphatic heterocycles. The van der Waals surface area contributed by atoms with E-state index in [4.69, 9.17) is 4.74 Å². The number of unbranched alkanes of at least 4 members (excludes halogenated alkanes) is 6. The molecule has 150 valence electrons. The number of aliphatic hydroxyl groups excluding tert-OH is 1. The molecule has 0 aliphatic rings. The highest BCUT2D eigenvalue weighted by Crippen LogP contribution is 2.09. The minimum absolute atomic E-state index is 0.0525. The molecular weight excluding hydrogens is 332 g/mol. The minimum atomic E-state index is -0.954. The van der Waals surface area contributed by atoms with Gasteiger partial charge in [0.1, 0.15) is 6.61 Å². The summed E-state index contributed by atoms with van der Waals surface area (Å²) in [5.74, 6) is 5.40. The molecule has 0 aromatic rings. The van der Waals surface area contributed by atoms with Gasteiger partial charge in [-0.1, -0.05) is 25.7 Å². The van der Waals surface area contributed by atoms with Gasteiger partial charge in [-0.3, -0.25) is 9.59 Å². The number of hydrogen-bond donors (Lipinski definition) is 2. The lowest BCUT2D eigenvalue weighted by molar-refractivity contribution is -0.147. The Morgan fingerprint density at radius 1 is 1.12 bits per heavy atom. The van der Waals surface area contributed by atoms with Crippen molar-refractivity contribution in [1.29, 1.82) is 0 Å². The van der Waals surface area contributed by atoms with Crippen molar-refractivity contribution in [1.82, 2.24) is 10.2 Å². The fourth-order valence-corrected chi connectivity index (χ4v) is 2.34. The summed E-state index contributed by atoms with van der Waals surface area (Å²) < 4.78 is 5.03. The van der Waals surface area contributed by atoms with Gasteiger partial charge in [0.2, 0.25) is 5.91 Å². The Labute approximate surface area is 158 Å². The van der Waals surface area contributed by atoms with Gasteiger partial charge in [-0.25, -0.2) is 0 Å². The van der Waals surface area contributed by atoms with Gasteiger partial charge >= 0.3 is 5.97 Å². The molecule has 1 unspecified atom stereocenters. The quantitative estimate of drug-likeness (QED) is 0.263. The molecule has 0 aromatic heterocycles. The van der Waals surface area contributed by atoms with E-state index in [0.717, 1.165) is 38.6 Å². The van der Waals surface area contributed by atoms with Gasteiger partial charge in [0.05, 0.1) is 12.5 Å². The third-order valence-corrected chi connectivity index (χ3v) is 3.85. The standard InChI is InChI=1S/C20H36N2O4/c1-4-5-6-7-8-9-10-11-12-13-20(25)26-17-18(23)16-19(24)21-14-15-22(2)3/h18,23H,6-17H2,1-3H3,(H,21,24). The molecule has 0 saturated heterocycles. The lowest BCUT2D eigenvalue weighted by Crippen LogP contribution is -2.34. The van der Waals surface area contributed by atoms with Crippen LogP contribution in [0.1, 0.15) is 64.7 Å². The van der Waals surface area contributed by atoms with Gasteiger partial charge < -0.3 is 20.1 Å². The van der Waals surface area contributed by atoms with Crippen molar-refractivity contribution in [3.8, 4) is 11.8 Å². The summed E-state index contributed by atoms with van der Waals surface area (Å²) in [5.41, 5.74) is 0. The lowest BCUT2D eigenvalue weighted by atomic mass is 10.1. The number of amides is 1. The molecule has 0 fully saturated rings. The van der Waals surface area contributed by atoms with Crippen LogP contribution in [0.25, 0.3) is 0 Å². The molecule has 6 heteroatoms. The van der Waals surface area contributed by atoms with Crippen LogP contribution in [-0.2, 0) is 14.3 Å². The second-order valence-electron chi connectivity index (χ2n) is 6.74. The average Bonchev–Trinajstić information content (AvgIpc) is 2.58. The zero-order chi connectivity index (χ0) is 19.6. The van der Waals surface area contributed by atoms with E-state index in [-0.39, 0.29) is 24.9 Å². The molecule has 1 atom stereocenters. The Hall–Kier alpha value is -1.58. The number of ether oxygens (including phenoxy) is 1. The molecule has 0 bridgehead atoms. The number of esters is 1. The van der Waals surface area contributed by atoms with Crippen LogP contribution in [0.5, 0.6) is 0 Å². The van der Waals surface area contributed by atoms with Crippen molar-refractivity contribution in [3.63, 3.8) is 0 Å². The molecule has 26 heavy (non-hydrogen) atoms. The molecule has 0 saturated carbocycles.